The van der Waals surface area contributed by atoms with Gasteiger partial charge in [-0.15, -0.1) is 0 Å². The molecule has 26 heavy (non-hydrogen) atoms. The Balaban J connectivity index is 2.52. The summed E-state index contributed by atoms with van der Waals surface area (Å²) in [6.45, 7) is 15.7. The van der Waals surface area contributed by atoms with Crippen LogP contribution in [0.3, 0.4) is 0 Å². The Morgan fingerprint density at radius 2 is 1.50 bits per heavy atom. The molecule has 1 aromatic carbocycles. The van der Waals surface area contributed by atoms with E-state index >= 15 is 0 Å². The Morgan fingerprint density at radius 3 is 2.00 bits per heavy atom. The highest BCUT2D eigenvalue weighted by molar-refractivity contribution is 6.89. The van der Waals surface area contributed by atoms with E-state index in [1.807, 2.05) is 36.4 Å². The SMILES string of the molecule is C[Si](C)(C)O[Si](C)(/C=C/CNC(=O)CCc1ccccc1)O[Si](C)(C)C. The van der Waals surface area contributed by atoms with Crippen molar-refractivity contribution in [2.75, 3.05) is 6.54 Å². The molecule has 0 fully saturated rings. The number of hydrogen-bond acceptors (Lipinski definition) is 3. The minimum absolute atomic E-state index is 0.0686. The van der Waals surface area contributed by atoms with Crippen molar-refractivity contribution in [3.05, 3.63) is 47.7 Å². The summed E-state index contributed by atoms with van der Waals surface area (Å²) >= 11 is 0. The Morgan fingerprint density at radius 1 is 0.962 bits per heavy atom. The van der Waals surface area contributed by atoms with Gasteiger partial charge in [0.15, 0.2) is 16.6 Å². The predicted octanol–water partition coefficient (Wildman–Crippen LogP) is 4.61. The van der Waals surface area contributed by atoms with Gasteiger partial charge in [-0.05, 0) is 63.5 Å². The van der Waals surface area contributed by atoms with E-state index in [9.17, 15) is 4.79 Å². The van der Waals surface area contributed by atoms with Gasteiger partial charge < -0.3 is 13.5 Å². The molecule has 0 heterocycles. The Bertz CT molecular complexity index is 576. The van der Waals surface area contributed by atoms with Crippen LogP contribution in [0, 0.1) is 0 Å². The average Bonchev–Trinajstić information content (AvgIpc) is 2.47. The van der Waals surface area contributed by atoms with Crippen molar-refractivity contribution < 1.29 is 13.0 Å². The van der Waals surface area contributed by atoms with Gasteiger partial charge in [0.05, 0.1) is 0 Å². The Hall–Kier alpha value is -0.999. The maximum atomic E-state index is 12.0. The van der Waals surface area contributed by atoms with E-state index < -0.39 is 25.2 Å². The summed E-state index contributed by atoms with van der Waals surface area (Å²) in [6, 6.07) is 10.1. The molecule has 146 valence electrons. The minimum atomic E-state index is -2.37. The molecule has 0 bridgehead atoms. The molecule has 0 aliphatic carbocycles. The lowest BCUT2D eigenvalue weighted by molar-refractivity contribution is -0.120. The smallest absolute Gasteiger partial charge is 0.341 e. The number of carbonyl (C=O) groups is 1. The summed E-state index contributed by atoms with van der Waals surface area (Å²) in [5, 5.41) is 2.96. The largest absolute Gasteiger partial charge is 0.434 e. The third-order valence-corrected chi connectivity index (χ3v) is 12.3. The van der Waals surface area contributed by atoms with Crippen molar-refractivity contribution >= 4 is 31.1 Å². The number of nitrogens with one attached hydrogen (secondary N) is 1. The van der Waals surface area contributed by atoms with Crippen LogP contribution in [-0.4, -0.2) is 37.6 Å². The molecule has 1 aromatic rings. The van der Waals surface area contributed by atoms with E-state index in [2.05, 4.69) is 56.8 Å². The van der Waals surface area contributed by atoms with Crippen LogP contribution < -0.4 is 5.32 Å². The molecule has 0 aromatic heterocycles. The van der Waals surface area contributed by atoms with Crippen LogP contribution in [0.2, 0.25) is 45.8 Å². The Labute approximate surface area is 162 Å². The summed E-state index contributed by atoms with van der Waals surface area (Å²) in [5.41, 5.74) is 3.27. The van der Waals surface area contributed by atoms with Crippen molar-refractivity contribution in [2.24, 2.45) is 0 Å². The topological polar surface area (TPSA) is 47.6 Å². The van der Waals surface area contributed by atoms with Crippen LogP contribution in [-0.2, 0) is 19.4 Å². The van der Waals surface area contributed by atoms with Gasteiger partial charge in [0.2, 0.25) is 5.91 Å². The average molecular weight is 410 g/mol. The highest BCUT2D eigenvalue weighted by atomic mass is 28.5. The van der Waals surface area contributed by atoms with Crippen LogP contribution in [0.1, 0.15) is 12.0 Å². The number of rotatable bonds is 10. The number of amides is 1. The number of aryl methyl sites for hydroxylation is 1. The molecule has 7 heteroatoms. The molecule has 4 nitrogen and oxygen atoms in total. The molecule has 0 aliphatic heterocycles. The van der Waals surface area contributed by atoms with E-state index in [1.165, 1.54) is 5.56 Å². The molecular formula is C19H35NO3Si3. The predicted molar refractivity (Wildman–Crippen MR) is 117 cm³/mol. The van der Waals surface area contributed by atoms with Gasteiger partial charge in [-0.2, -0.15) is 0 Å². The van der Waals surface area contributed by atoms with Crippen molar-refractivity contribution in [2.45, 2.75) is 58.7 Å². The molecule has 0 saturated heterocycles. The first-order valence-corrected chi connectivity index (χ1v) is 18.5. The van der Waals surface area contributed by atoms with E-state index in [1.54, 1.807) is 0 Å². The fourth-order valence-corrected chi connectivity index (χ4v) is 14.1. The van der Waals surface area contributed by atoms with Gasteiger partial charge in [0, 0.05) is 13.0 Å². The fourth-order valence-electron chi connectivity index (χ4n) is 2.74. The van der Waals surface area contributed by atoms with E-state index in [4.69, 9.17) is 8.23 Å². The van der Waals surface area contributed by atoms with Crippen molar-refractivity contribution in [1.29, 1.82) is 0 Å². The minimum Gasteiger partial charge on any atom is -0.434 e. The van der Waals surface area contributed by atoms with Crippen LogP contribution in [0.15, 0.2) is 42.1 Å². The van der Waals surface area contributed by atoms with E-state index in [0.717, 1.165) is 6.42 Å². The van der Waals surface area contributed by atoms with Gasteiger partial charge in [-0.1, -0.05) is 36.4 Å². The normalized spacial score (nSPS) is 13.2. The van der Waals surface area contributed by atoms with Crippen molar-refractivity contribution in [1.82, 2.24) is 5.32 Å². The summed E-state index contributed by atoms with van der Waals surface area (Å²) in [7, 11) is -5.78. The monoisotopic (exact) mass is 409 g/mol. The van der Waals surface area contributed by atoms with Gasteiger partial charge in [-0.3, -0.25) is 4.79 Å². The molecule has 1 N–H and O–H groups in total. The molecule has 1 amide bonds. The third kappa shape index (κ3) is 10.9. The third-order valence-electron chi connectivity index (χ3n) is 3.34. The summed E-state index contributed by atoms with van der Waals surface area (Å²) in [6.07, 6.45) is 3.26. The fraction of sp³-hybridized carbons (Fsp3) is 0.526. The van der Waals surface area contributed by atoms with Crippen LogP contribution >= 0.6 is 0 Å². The molecule has 0 spiro atoms. The zero-order valence-corrected chi connectivity index (χ0v) is 20.4. The summed E-state index contributed by atoms with van der Waals surface area (Å²) < 4.78 is 12.8. The standard InChI is InChI=1S/C19H35NO3Si3/c1-24(2,3)22-26(7,23-25(4,5)6)17-11-16-20-19(21)15-14-18-12-9-8-10-13-18/h8-13,17H,14-16H2,1-7H3,(H,20,21)/b17-11+. The highest BCUT2D eigenvalue weighted by Gasteiger charge is 2.38. The molecule has 0 aliphatic rings. The molecule has 1 rings (SSSR count). The second-order valence-corrected chi connectivity index (χ2v) is 21.1. The van der Waals surface area contributed by atoms with E-state index in [0.29, 0.717) is 13.0 Å². The van der Waals surface area contributed by atoms with Crippen molar-refractivity contribution in [3.63, 3.8) is 0 Å². The lowest BCUT2D eigenvalue weighted by atomic mass is 10.1. The molecule has 0 atom stereocenters. The summed E-state index contributed by atoms with van der Waals surface area (Å²) in [4.78, 5) is 12.0. The maximum Gasteiger partial charge on any atom is 0.341 e. The second-order valence-electron chi connectivity index (χ2n) is 8.64. The van der Waals surface area contributed by atoms with Gasteiger partial charge >= 0.3 is 8.56 Å². The van der Waals surface area contributed by atoms with Crippen molar-refractivity contribution in [3.8, 4) is 0 Å². The molecule has 0 saturated carbocycles. The summed E-state index contributed by atoms with van der Waals surface area (Å²) in [5.74, 6) is 0.0686. The quantitative estimate of drug-likeness (QED) is 0.574. The first kappa shape index (κ1) is 23.0. The van der Waals surface area contributed by atoms with Gasteiger partial charge in [0.1, 0.15) is 0 Å². The van der Waals surface area contributed by atoms with Gasteiger partial charge in [0.25, 0.3) is 0 Å². The second kappa shape index (κ2) is 9.80. The number of benzene rings is 1. The van der Waals surface area contributed by atoms with Crippen LogP contribution in [0.5, 0.6) is 0 Å². The Kier molecular flexibility index (Phi) is 8.68. The number of hydrogen-bond donors (Lipinski definition) is 1. The maximum absolute atomic E-state index is 12.0. The zero-order chi connectivity index (χ0) is 19.8. The zero-order valence-electron chi connectivity index (χ0n) is 17.4. The lowest BCUT2D eigenvalue weighted by Crippen LogP contribution is -2.51. The highest BCUT2D eigenvalue weighted by Crippen LogP contribution is 2.21. The molecular weight excluding hydrogens is 374 g/mol. The van der Waals surface area contributed by atoms with Gasteiger partial charge in [-0.25, -0.2) is 0 Å². The van der Waals surface area contributed by atoms with Crippen LogP contribution in [0.4, 0.5) is 0 Å². The first-order valence-electron chi connectivity index (χ1n) is 9.27. The number of carbonyl (C=O) groups excluding carboxylic acids is 1. The molecule has 0 unspecified atom stereocenters. The molecule has 0 radical (unpaired) electrons. The van der Waals surface area contributed by atoms with E-state index in [-0.39, 0.29) is 5.91 Å². The first-order chi connectivity index (χ1) is 11.9. The lowest BCUT2D eigenvalue weighted by Gasteiger charge is -2.36. The van der Waals surface area contributed by atoms with Crippen LogP contribution in [0.25, 0.3) is 0 Å².